The fourth-order valence-corrected chi connectivity index (χ4v) is 1.98. The van der Waals surface area contributed by atoms with Gasteiger partial charge >= 0.3 is 0 Å². The second-order valence-electron chi connectivity index (χ2n) is 4.51. The van der Waals surface area contributed by atoms with Gasteiger partial charge in [0.25, 0.3) is 5.91 Å². The maximum Gasteiger partial charge on any atom is 0.255 e. The summed E-state index contributed by atoms with van der Waals surface area (Å²) in [6.45, 7) is 1.81. The van der Waals surface area contributed by atoms with Gasteiger partial charge in [-0.2, -0.15) is 4.68 Å². The standard InChI is InChI=1S/C15H13N5O/c1-11-17-18-19-20(11)14-9-5-8-13(10-14)16-15(21)12-6-3-2-4-7-12/h2-10H,1H3,(H,16,21). The van der Waals surface area contributed by atoms with E-state index in [1.165, 1.54) is 0 Å². The molecule has 0 fully saturated rings. The summed E-state index contributed by atoms with van der Waals surface area (Å²) in [5.74, 6) is 0.530. The number of aryl methyl sites for hydroxylation is 1. The summed E-state index contributed by atoms with van der Waals surface area (Å²) in [4.78, 5) is 12.1. The molecule has 2 aromatic carbocycles. The summed E-state index contributed by atoms with van der Waals surface area (Å²) >= 11 is 0. The van der Waals surface area contributed by atoms with Crippen LogP contribution >= 0.6 is 0 Å². The van der Waals surface area contributed by atoms with Crippen molar-refractivity contribution in [2.75, 3.05) is 5.32 Å². The first-order valence-electron chi connectivity index (χ1n) is 6.46. The maximum atomic E-state index is 12.1. The summed E-state index contributed by atoms with van der Waals surface area (Å²) in [7, 11) is 0. The third-order valence-electron chi connectivity index (χ3n) is 3.01. The fourth-order valence-electron chi connectivity index (χ4n) is 1.98. The number of carbonyl (C=O) groups excluding carboxylic acids is 1. The lowest BCUT2D eigenvalue weighted by Gasteiger charge is -2.07. The Balaban J connectivity index is 1.84. The van der Waals surface area contributed by atoms with Crippen molar-refractivity contribution in [2.45, 2.75) is 6.92 Å². The fraction of sp³-hybridized carbons (Fsp3) is 0.0667. The van der Waals surface area contributed by atoms with Crippen LogP contribution in [0, 0.1) is 6.92 Å². The lowest BCUT2D eigenvalue weighted by Crippen LogP contribution is -2.12. The molecule has 0 saturated heterocycles. The molecular formula is C15H13N5O. The molecule has 0 aliphatic heterocycles. The minimum Gasteiger partial charge on any atom is -0.322 e. The van der Waals surface area contributed by atoms with Crippen LogP contribution in [0.2, 0.25) is 0 Å². The lowest BCUT2D eigenvalue weighted by molar-refractivity contribution is 0.102. The number of hydrogen-bond donors (Lipinski definition) is 1. The van der Waals surface area contributed by atoms with Gasteiger partial charge in [0.05, 0.1) is 5.69 Å². The van der Waals surface area contributed by atoms with Gasteiger partial charge in [-0.25, -0.2) is 0 Å². The molecule has 6 nitrogen and oxygen atoms in total. The number of anilines is 1. The molecule has 0 radical (unpaired) electrons. The van der Waals surface area contributed by atoms with Crippen molar-refractivity contribution in [1.29, 1.82) is 0 Å². The van der Waals surface area contributed by atoms with Crippen LogP contribution in [0.15, 0.2) is 54.6 Å². The van der Waals surface area contributed by atoms with E-state index in [4.69, 9.17) is 0 Å². The summed E-state index contributed by atoms with van der Waals surface area (Å²) in [6, 6.07) is 16.4. The van der Waals surface area contributed by atoms with Crippen molar-refractivity contribution < 1.29 is 4.79 Å². The highest BCUT2D eigenvalue weighted by molar-refractivity contribution is 6.04. The topological polar surface area (TPSA) is 72.7 Å². The minimum atomic E-state index is -0.152. The zero-order chi connectivity index (χ0) is 14.7. The van der Waals surface area contributed by atoms with Crippen LogP contribution < -0.4 is 5.32 Å². The molecule has 0 bridgehead atoms. The van der Waals surface area contributed by atoms with Gasteiger partial charge in [-0.1, -0.05) is 24.3 Å². The van der Waals surface area contributed by atoms with Gasteiger partial charge in [0.1, 0.15) is 0 Å². The molecule has 3 aromatic rings. The van der Waals surface area contributed by atoms with Crippen molar-refractivity contribution in [1.82, 2.24) is 20.2 Å². The van der Waals surface area contributed by atoms with Gasteiger partial charge in [-0.15, -0.1) is 5.10 Å². The Bertz CT molecular complexity index is 766. The Kier molecular flexibility index (Phi) is 3.42. The van der Waals surface area contributed by atoms with Crippen LogP contribution in [-0.2, 0) is 0 Å². The summed E-state index contributed by atoms with van der Waals surface area (Å²) < 4.78 is 1.61. The zero-order valence-corrected chi connectivity index (χ0v) is 11.4. The average Bonchev–Trinajstić information content (AvgIpc) is 2.94. The highest BCUT2D eigenvalue weighted by Gasteiger charge is 2.07. The Morgan fingerprint density at radius 2 is 1.90 bits per heavy atom. The monoisotopic (exact) mass is 279 g/mol. The Labute approximate surface area is 121 Å². The van der Waals surface area contributed by atoms with Crippen LogP contribution in [0.3, 0.4) is 0 Å². The van der Waals surface area contributed by atoms with Crippen molar-refractivity contribution >= 4 is 11.6 Å². The summed E-state index contributed by atoms with van der Waals surface area (Å²) in [5.41, 5.74) is 2.10. The average molecular weight is 279 g/mol. The Hall–Kier alpha value is -3.02. The van der Waals surface area contributed by atoms with Crippen LogP contribution in [0.1, 0.15) is 16.2 Å². The zero-order valence-electron chi connectivity index (χ0n) is 11.4. The van der Waals surface area contributed by atoms with E-state index in [1.807, 2.05) is 49.4 Å². The molecule has 3 rings (SSSR count). The first kappa shape index (κ1) is 13.0. The van der Waals surface area contributed by atoms with Crippen molar-refractivity contribution in [3.63, 3.8) is 0 Å². The van der Waals surface area contributed by atoms with E-state index in [1.54, 1.807) is 16.8 Å². The van der Waals surface area contributed by atoms with Gasteiger partial charge in [-0.3, -0.25) is 4.79 Å². The Morgan fingerprint density at radius 3 is 2.62 bits per heavy atom. The van der Waals surface area contributed by atoms with E-state index in [0.717, 1.165) is 5.69 Å². The normalized spacial score (nSPS) is 10.3. The van der Waals surface area contributed by atoms with E-state index in [9.17, 15) is 4.79 Å². The quantitative estimate of drug-likeness (QED) is 0.798. The second kappa shape index (κ2) is 5.54. The van der Waals surface area contributed by atoms with E-state index >= 15 is 0 Å². The molecular weight excluding hydrogens is 266 g/mol. The van der Waals surface area contributed by atoms with Gasteiger partial charge in [0.15, 0.2) is 5.82 Å². The SMILES string of the molecule is Cc1nnnn1-c1cccc(NC(=O)c2ccccc2)c1. The molecule has 0 aliphatic carbocycles. The predicted octanol–water partition coefficient (Wildman–Crippen LogP) is 2.22. The molecule has 1 N–H and O–H groups in total. The first-order valence-corrected chi connectivity index (χ1v) is 6.46. The minimum absolute atomic E-state index is 0.152. The van der Waals surface area contributed by atoms with Gasteiger partial charge in [0.2, 0.25) is 0 Å². The number of nitrogens with one attached hydrogen (secondary N) is 1. The molecule has 6 heteroatoms. The molecule has 0 aliphatic rings. The van der Waals surface area contributed by atoms with Crippen molar-refractivity contribution in [3.05, 3.63) is 66.0 Å². The smallest absolute Gasteiger partial charge is 0.255 e. The number of aromatic nitrogens is 4. The molecule has 104 valence electrons. The molecule has 1 heterocycles. The van der Waals surface area contributed by atoms with Gasteiger partial charge in [-0.05, 0) is 47.7 Å². The molecule has 21 heavy (non-hydrogen) atoms. The van der Waals surface area contributed by atoms with Crippen LogP contribution in [0.4, 0.5) is 5.69 Å². The van der Waals surface area contributed by atoms with Crippen molar-refractivity contribution in [3.8, 4) is 5.69 Å². The molecule has 1 amide bonds. The molecule has 1 aromatic heterocycles. The van der Waals surface area contributed by atoms with Crippen molar-refractivity contribution in [2.24, 2.45) is 0 Å². The molecule has 0 unspecified atom stereocenters. The molecule has 0 saturated carbocycles. The second-order valence-corrected chi connectivity index (χ2v) is 4.51. The largest absolute Gasteiger partial charge is 0.322 e. The lowest BCUT2D eigenvalue weighted by atomic mass is 10.2. The van der Waals surface area contributed by atoms with E-state index in [-0.39, 0.29) is 5.91 Å². The maximum absolute atomic E-state index is 12.1. The Morgan fingerprint density at radius 1 is 1.10 bits per heavy atom. The third kappa shape index (κ3) is 2.79. The first-order chi connectivity index (χ1) is 10.2. The van der Waals surface area contributed by atoms with E-state index in [2.05, 4.69) is 20.8 Å². The predicted molar refractivity (Wildman–Crippen MR) is 78.3 cm³/mol. The summed E-state index contributed by atoms with van der Waals surface area (Å²) in [5, 5.41) is 14.2. The highest BCUT2D eigenvalue weighted by Crippen LogP contribution is 2.15. The summed E-state index contributed by atoms with van der Waals surface area (Å²) in [6.07, 6.45) is 0. The number of tetrazole rings is 1. The van der Waals surface area contributed by atoms with Gasteiger partial charge < -0.3 is 5.32 Å². The van der Waals surface area contributed by atoms with E-state index in [0.29, 0.717) is 17.1 Å². The third-order valence-corrected chi connectivity index (χ3v) is 3.01. The number of hydrogen-bond acceptors (Lipinski definition) is 4. The van der Waals surface area contributed by atoms with Crippen LogP contribution in [-0.4, -0.2) is 26.1 Å². The highest BCUT2D eigenvalue weighted by atomic mass is 16.1. The number of rotatable bonds is 3. The van der Waals surface area contributed by atoms with Crippen LogP contribution in [0.5, 0.6) is 0 Å². The number of carbonyl (C=O) groups is 1. The number of nitrogens with zero attached hydrogens (tertiary/aromatic N) is 4. The number of benzene rings is 2. The van der Waals surface area contributed by atoms with Gasteiger partial charge in [0, 0.05) is 11.3 Å². The molecule has 0 atom stereocenters. The number of amides is 1. The van der Waals surface area contributed by atoms with E-state index < -0.39 is 0 Å². The van der Waals surface area contributed by atoms with Crippen LogP contribution in [0.25, 0.3) is 5.69 Å². The molecule has 0 spiro atoms.